The van der Waals surface area contributed by atoms with E-state index in [0.717, 1.165) is 22.4 Å². The van der Waals surface area contributed by atoms with Crippen molar-refractivity contribution in [2.45, 2.75) is 20.3 Å². The van der Waals surface area contributed by atoms with Gasteiger partial charge in [0, 0.05) is 12.6 Å². The molecular formula is C16H19N3O3. The molecule has 1 aromatic carbocycles. The number of aromatic nitrogens is 2. The van der Waals surface area contributed by atoms with Crippen molar-refractivity contribution >= 4 is 5.91 Å². The summed E-state index contributed by atoms with van der Waals surface area (Å²) in [5, 5.41) is 8.71. The van der Waals surface area contributed by atoms with Gasteiger partial charge in [-0.15, -0.1) is 0 Å². The summed E-state index contributed by atoms with van der Waals surface area (Å²) in [4.78, 5) is 22.8. The zero-order valence-corrected chi connectivity index (χ0v) is 12.9. The summed E-state index contributed by atoms with van der Waals surface area (Å²) < 4.78 is 5.42. The molecule has 0 unspecified atom stereocenters. The Morgan fingerprint density at radius 3 is 2.73 bits per heavy atom. The molecule has 0 fully saturated rings. The Morgan fingerprint density at radius 2 is 2.09 bits per heavy atom. The second kappa shape index (κ2) is 6.89. The van der Waals surface area contributed by atoms with Gasteiger partial charge < -0.3 is 10.1 Å². The average molecular weight is 301 g/mol. The van der Waals surface area contributed by atoms with E-state index in [4.69, 9.17) is 4.74 Å². The normalized spacial score (nSPS) is 10.3. The van der Waals surface area contributed by atoms with Gasteiger partial charge in [-0.2, -0.15) is 5.10 Å². The van der Waals surface area contributed by atoms with Gasteiger partial charge in [0.25, 0.3) is 11.5 Å². The van der Waals surface area contributed by atoms with E-state index in [9.17, 15) is 9.59 Å². The number of H-pyrrole nitrogens is 1. The molecular weight excluding hydrogens is 282 g/mol. The molecule has 0 saturated carbocycles. The largest absolute Gasteiger partial charge is 0.496 e. The molecule has 0 radical (unpaired) electrons. The van der Waals surface area contributed by atoms with Gasteiger partial charge in [-0.1, -0.05) is 17.7 Å². The number of benzene rings is 1. The third-order valence-corrected chi connectivity index (χ3v) is 3.29. The lowest BCUT2D eigenvalue weighted by Gasteiger charge is -2.13. The Labute approximate surface area is 128 Å². The molecule has 0 aliphatic rings. The van der Waals surface area contributed by atoms with Crippen molar-refractivity contribution in [3.8, 4) is 5.75 Å². The first-order chi connectivity index (χ1) is 10.5. The van der Waals surface area contributed by atoms with Gasteiger partial charge in [0.15, 0.2) is 0 Å². The van der Waals surface area contributed by atoms with Crippen LogP contribution in [0.3, 0.4) is 0 Å². The number of aryl methyl sites for hydroxylation is 2. The number of carbonyl (C=O) groups excluding carboxylic acids is 1. The van der Waals surface area contributed by atoms with E-state index >= 15 is 0 Å². The smallest absolute Gasteiger partial charge is 0.271 e. The second-order valence-corrected chi connectivity index (χ2v) is 5.09. The van der Waals surface area contributed by atoms with Gasteiger partial charge in [-0.05, 0) is 37.5 Å². The molecule has 6 heteroatoms. The van der Waals surface area contributed by atoms with E-state index in [1.165, 1.54) is 12.1 Å². The minimum Gasteiger partial charge on any atom is -0.496 e. The van der Waals surface area contributed by atoms with E-state index in [-0.39, 0.29) is 17.2 Å². The first-order valence-corrected chi connectivity index (χ1v) is 6.99. The summed E-state index contributed by atoms with van der Waals surface area (Å²) >= 11 is 0. The first-order valence-electron chi connectivity index (χ1n) is 6.99. The van der Waals surface area contributed by atoms with E-state index < -0.39 is 0 Å². The van der Waals surface area contributed by atoms with Crippen LogP contribution in [-0.4, -0.2) is 29.8 Å². The van der Waals surface area contributed by atoms with Gasteiger partial charge in [0.2, 0.25) is 0 Å². The molecule has 1 heterocycles. The molecule has 0 bridgehead atoms. The van der Waals surface area contributed by atoms with E-state index in [0.29, 0.717) is 13.0 Å². The third kappa shape index (κ3) is 3.72. The number of nitrogens with one attached hydrogen (secondary N) is 2. The van der Waals surface area contributed by atoms with E-state index in [1.54, 1.807) is 7.11 Å². The highest BCUT2D eigenvalue weighted by Crippen LogP contribution is 2.25. The Kier molecular flexibility index (Phi) is 4.93. The molecule has 116 valence electrons. The number of ether oxygens (including phenoxy) is 1. The molecule has 2 N–H and O–H groups in total. The lowest BCUT2D eigenvalue weighted by atomic mass is 10.0. The molecule has 0 saturated heterocycles. The zero-order valence-electron chi connectivity index (χ0n) is 12.9. The summed E-state index contributed by atoms with van der Waals surface area (Å²) in [6, 6.07) is 6.78. The average Bonchev–Trinajstić information content (AvgIpc) is 2.47. The molecule has 2 rings (SSSR count). The summed E-state index contributed by atoms with van der Waals surface area (Å²) in [6.07, 6.45) is 0.654. The van der Waals surface area contributed by atoms with Crippen LogP contribution < -0.4 is 15.6 Å². The summed E-state index contributed by atoms with van der Waals surface area (Å²) in [5.41, 5.74) is 3.13. The number of aromatic amines is 1. The number of nitrogens with zero attached hydrogens (tertiary/aromatic N) is 1. The van der Waals surface area contributed by atoms with Crippen molar-refractivity contribution in [1.82, 2.24) is 15.5 Å². The predicted octanol–water partition coefficient (Wildman–Crippen LogP) is 1.37. The Bertz CT molecular complexity index is 717. The van der Waals surface area contributed by atoms with E-state index in [2.05, 4.69) is 27.6 Å². The number of methoxy groups -OCH3 is 1. The van der Waals surface area contributed by atoms with Crippen LogP contribution in [0.25, 0.3) is 0 Å². The maximum absolute atomic E-state index is 11.9. The minimum absolute atomic E-state index is 0.187. The Hall–Kier alpha value is -2.63. The fourth-order valence-electron chi connectivity index (χ4n) is 2.39. The fraction of sp³-hybridized carbons (Fsp3) is 0.312. The maximum atomic E-state index is 11.9. The standard InChI is InChI=1S/C16H19N3O3/c1-10-8-11(2)15(22-3)12(9-10)6-7-17-16(21)13-4-5-14(20)19-18-13/h4-5,8-9H,6-7H2,1-3H3,(H,17,21)(H,19,20). The van der Waals surface area contributed by atoms with E-state index in [1.807, 2.05) is 13.8 Å². The van der Waals surface area contributed by atoms with Crippen molar-refractivity contribution in [2.75, 3.05) is 13.7 Å². The van der Waals surface area contributed by atoms with Crippen molar-refractivity contribution in [2.24, 2.45) is 0 Å². The molecule has 1 aromatic heterocycles. The number of amides is 1. The SMILES string of the molecule is COc1c(C)cc(C)cc1CCNC(=O)c1ccc(=O)[nH]n1. The van der Waals surface area contributed by atoms with Crippen LogP contribution in [0.15, 0.2) is 29.1 Å². The highest BCUT2D eigenvalue weighted by molar-refractivity contribution is 5.91. The molecule has 6 nitrogen and oxygen atoms in total. The van der Waals surface area contributed by atoms with Gasteiger partial charge in [0.1, 0.15) is 11.4 Å². The van der Waals surface area contributed by atoms with Gasteiger partial charge in [-0.25, -0.2) is 5.10 Å². The molecule has 0 aliphatic carbocycles. The number of hydrogen-bond donors (Lipinski definition) is 2. The summed E-state index contributed by atoms with van der Waals surface area (Å²) in [7, 11) is 1.64. The van der Waals surface area contributed by atoms with Crippen LogP contribution in [0, 0.1) is 13.8 Å². The maximum Gasteiger partial charge on any atom is 0.271 e. The lowest BCUT2D eigenvalue weighted by molar-refractivity contribution is 0.0948. The van der Waals surface area contributed by atoms with Crippen LogP contribution in [-0.2, 0) is 6.42 Å². The van der Waals surface area contributed by atoms with Gasteiger partial charge >= 0.3 is 0 Å². The number of carbonyl (C=O) groups is 1. The van der Waals surface area contributed by atoms with Crippen LogP contribution >= 0.6 is 0 Å². The zero-order chi connectivity index (χ0) is 16.1. The molecule has 0 aliphatic heterocycles. The Morgan fingerprint density at radius 1 is 1.32 bits per heavy atom. The molecule has 0 atom stereocenters. The number of hydrogen-bond acceptors (Lipinski definition) is 4. The highest BCUT2D eigenvalue weighted by Gasteiger charge is 2.10. The van der Waals surface area contributed by atoms with Crippen LogP contribution in [0.5, 0.6) is 5.75 Å². The van der Waals surface area contributed by atoms with Crippen molar-refractivity contribution < 1.29 is 9.53 Å². The predicted molar refractivity (Wildman–Crippen MR) is 83.4 cm³/mol. The van der Waals surface area contributed by atoms with Crippen LogP contribution in [0.2, 0.25) is 0 Å². The van der Waals surface area contributed by atoms with Crippen LogP contribution in [0.4, 0.5) is 0 Å². The highest BCUT2D eigenvalue weighted by atomic mass is 16.5. The monoisotopic (exact) mass is 301 g/mol. The minimum atomic E-state index is -0.337. The fourth-order valence-corrected chi connectivity index (χ4v) is 2.39. The second-order valence-electron chi connectivity index (χ2n) is 5.09. The van der Waals surface area contributed by atoms with Gasteiger partial charge in [0.05, 0.1) is 7.11 Å². The Balaban J connectivity index is 2.00. The first kappa shape index (κ1) is 15.8. The topological polar surface area (TPSA) is 84.1 Å². The van der Waals surface area contributed by atoms with Crippen LogP contribution in [0.1, 0.15) is 27.2 Å². The van der Waals surface area contributed by atoms with Crippen molar-refractivity contribution in [3.05, 3.63) is 57.0 Å². The molecule has 2 aromatic rings. The van der Waals surface area contributed by atoms with Gasteiger partial charge in [-0.3, -0.25) is 9.59 Å². The summed E-state index contributed by atoms with van der Waals surface area (Å²) in [6.45, 7) is 4.48. The third-order valence-electron chi connectivity index (χ3n) is 3.29. The number of rotatable bonds is 5. The summed E-state index contributed by atoms with van der Waals surface area (Å²) in [5.74, 6) is 0.529. The van der Waals surface area contributed by atoms with Crippen molar-refractivity contribution in [1.29, 1.82) is 0 Å². The lowest BCUT2D eigenvalue weighted by Crippen LogP contribution is -2.27. The molecule has 0 spiro atoms. The quantitative estimate of drug-likeness (QED) is 0.873. The molecule has 1 amide bonds. The van der Waals surface area contributed by atoms with Crippen molar-refractivity contribution in [3.63, 3.8) is 0 Å². The molecule has 22 heavy (non-hydrogen) atoms.